The fourth-order valence-electron chi connectivity index (χ4n) is 1.38. The molecule has 0 radical (unpaired) electrons. The number of ether oxygens (including phenoxy) is 1. The average Bonchev–Trinajstić information content (AvgIpc) is 2.83. The summed E-state index contributed by atoms with van der Waals surface area (Å²) in [5, 5.41) is 0. The van der Waals surface area contributed by atoms with Crippen molar-refractivity contribution in [1.29, 1.82) is 0 Å². The molecule has 1 aliphatic rings. The molecule has 16 heavy (non-hydrogen) atoms. The third-order valence-corrected chi connectivity index (χ3v) is 5.23. The van der Waals surface area contributed by atoms with Crippen LogP contribution in [-0.2, 0) is 10.0 Å². The number of pyridine rings is 1. The van der Waals surface area contributed by atoms with Crippen molar-refractivity contribution < 1.29 is 13.2 Å². The van der Waals surface area contributed by atoms with E-state index in [1.54, 1.807) is 17.8 Å². The van der Waals surface area contributed by atoms with Crippen LogP contribution in [0.2, 0.25) is 0 Å². The smallest absolute Gasteiger partial charge is 0.245 e. The highest BCUT2D eigenvalue weighted by molar-refractivity contribution is 8.00. The fraction of sp³-hybridized carbons (Fsp3) is 0.444. The van der Waals surface area contributed by atoms with Crippen LogP contribution >= 0.6 is 11.8 Å². The van der Waals surface area contributed by atoms with E-state index in [0.717, 1.165) is 5.75 Å². The monoisotopic (exact) mass is 260 g/mol. The summed E-state index contributed by atoms with van der Waals surface area (Å²) < 4.78 is 30.5. The number of thioether (sulfide) groups is 1. The van der Waals surface area contributed by atoms with Gasteiger partial charge in [0.25, 0.3) is 0 Å². The van der Waals surface area contributed by atoms with Gasteiger partial charge >= 0.3 is 0 Å². The molecule has 2 rings (SSSR count). The SMILES string of the molecule is COc1ccc(S(=O)(=O)N2CCSC2)cn1. The molecule has 1 aromatic rings. The molecule has 1 aliphatic heterocycles. The zero-order valence-corrected chi connectivity index (χ0v) is 10.4. The van der Waals surface area contributed by atoms with Crippen molar-refractivity contribution in [3.05, 3.63) is 18.3 Å². The van der Waals surface area contributed by atoms with E-state index in [1.807, 2.05) is 0 Å². The van der Waals surface area contributed by atoms with Crippen molar-refractivity contribution >= 4 is 21.8 Å². The van der Waals surface area contributed by atoms with Crippen molar-refractivity contribution in [1.82, 2.24) is 9.29 Å². The van der Waals surface area contributed by atoms with Gasteiger partial charge in [0.1, 0.15) is 4.90 Å². The second-order valence-corrected chi connectivity index (χ2v) is 6.27. The number of methoxy groups -OCH3 is 1. The van der Waals surface area contributed by atoms with Crippen LogP contribution in [0.3, 0.4) is 0 Å². The van der Waals surface area contributed by atoms with Gasteiger partial charge in [0.2, 0.25) is 15.9 Å². The quantitative estimate of drug-likeness (QED) is 0.804. The van der Waals surface area contributed by atoms with Crippen LogP contribution < -0.4 is 4.74 Å². The molecule has 0 saturated carbocycles. The van der Waals surface area contributed by atoms with Crippen LogP contribution in [0.4, 0.5) is 0 Å². The number of nitrogens with zero attached hydrogens (tertiary/aromatic N) is 2. The Hall–Kier alpha value is -0.790. The first-order valence-electron chi connectivity index (χ1n) is 4.72. The van der Waals surface area contributed by atoms with E-state index < -0.39 is 10.0 Å². The topological polar surface area (TPSA) is 59.5 Å². The van der Waals surface area contributed by atoms with E-state index in [-0.39, 0.29) is 4.90 Å². The Morgan fingerprint density at radius 1 is 1.50 bits per heavy atom. The van der Waals surface area contributed by atoms with Gasteiger partial charge in [0.15, 0.2) is 0 Å². The minimum absolute atomic E-state index is 0.218. The first-order chi connectivity index (χ1) is 7.64. The molecule has 7 heteroatoms. The lowest BCUT2D eigenvalue weighted by molar-refractivity contribution is 0.397. The van der Waals surface area contributed by atoms with Gasteiger partial charge in [-0.15, -0.1) is 11.8 Å². The lowest BCUT2D eigenvalue weighted by atomic mass is 10.5. The van der Waals surface area contributed by atoms with Gasteiger partial charge in [0, 0.05) is 18.4 Å². The highest BCUT2D eigenvalue weighted by atomic mass is 32.2. The Morgan fingerprint density at radius 3 is 2.81 bits per heavy atom. The number of hydrogen-bond donors (Lipinski definition) is 0. The van der Waals surface area contributed by atoms with Gasteiger partial charge in [-0.2, -0.15) is 4.31 Å². The van der Waals surface area contributed by atoms with Crippen LogP contribution in [0.25, 0.3) is 0 Å². The second-order valence-electron chi connectivity index (χ2n) is 3.25. The minimum Gasteiger partial charge on any atom is -0.481 e. The van der Waals surface area contributed by atoms with E-state index in [9.17, 15) is 8.42 Å². The average molecular weight is 260 g/mol. The van der Waals surface area contributed by atoms with E-state index in [4.69, 9.17) is 4.74 Å². The minimum atomic E-state index is -3.37. The zero-order valence-electron chi connectivity index (χ0n) is 8.79. The van der Waals surface area contributed by atoms with E-state index in [0.29, 0.717) is 18.3 Å². The van der Waals surface area contributed by atoms with Crippen LogP contribution in [0.1, 0.15) is 0 Å². The maximum atomic E-state index is 12.1. The Morgan fingerprint density at radius 2 is 2.31 bits per heavy atom. The molecule has 1 fully saturated rings. The van der Waals surface area contributed by atoms with Gasteiger partial charge in [0.05, 0.1) is 19.2 Å². The van der Waals surface area contributed by atoms with E-state index in [1.165, 1.54) is 23.7 Å². The van der Waals surface area contributed by atoms with E-state index >= 15 is 0 Å². The molecule has 5 nitrogen and oxygen atoms in total. The Labute approximate surface area is 98.9 Å². The number of aromatic nitrogens is 1. The summed E-state index contributed by atoms with van der Waals surface area (Å²) in [6.45, 7) is 0.568. The number of hydrogen-bond acceptors (Lipinski definition) is 5. The number of sulfonamides is 1. The second kappa shape index (κ2) is 4.60. The van der Waals surface area contributed by atoms with Crippen LogP contribution in [0.15, 0.2) is 23.2 Å². The molecular weight excluding hydrogens is 248 g/mol. The summed E-state index contributed by atoms with van der Waals surface area (Å²) in [6, 6.07) is 3.07. The molecule has 0 N–H and O–H groups in total. The normalized spacial score (nSPS) is 17.6. The molecule has 0 bridgehead atoms. The molecule has 1 aromatic heterocycles. The molecular formula is C9H12N2O3S2. The largest absolute Gasteiger partial charge is 0.481 e. The van der Waals surface area contributed by atoms with Gasteiger partial charge in [-0.05, 0) is 6.07 Å². The maximum absolute atomic E-state index is 12.1. The number of rotatable bonds is 3. The summed E-state index contributed by atoms with van der Waals surface area (Å²) >= 11 is 1.61. The van der Waals surface area contributed by atoms with Crippen molar-refractivity contribution in [3.8, 4) is 5.88 Å². The van der Waals surface area contributed by atoms with Crippen molar-refractivity contribution in [3.63, 3.8) is 0 Å². The predicted octanol–water partition coefficient (Wildman–Crippen LogP) is 0.785. The van der Waals surface area contributed by atoms with Crippen molar-refractivity contribution in [2.75, 3.05) is 25.3 Å². The Bertz CT molecular complexity index is 452. The third-order valence-electron chi connectivity index (χ3n) is 2.28. The molecule has 88 valence electrons. The highest BCUT2D eigenvalue weighted by Crippen LogP contribution is 2.23. The summed E-state index contributed by atoms with van der Waals surface area (Å²) in [7, 11) is -1.88. The first kappa shape index (κ1) is 11.7. The van der Waals surface area contributed by atoms with Crippen LogP contribution in [0, 0.1) is 0 Å². The maximum Gasteiger partial charge on any atom is 0.245 e. The Balaban J connectivity index is 2.28. The fourth-order valence-corrected chi connectivity index (χ4v) is 4.14. The van der Waals surface area contributed by atoms with E-state index in [2.05, 4.69) is 4.98 Å². The molecule has 1 saturated heterocycles. The van der Waals surface area contributed by atoms with Crippen molar-refractivity contribution in [2.45, 2.75) is 4.90 Å². The van der Waals surface area contributed by atoms with Gasteiger partial charge in [-0.1, -0.05) is 0 Å². The van der Waals surface area contributed by atoms with Crippen LogP contribution in [0.5, 0.6) is 5.88 Å². The zero-order chi connectivity index (χ0) is 11.6. The Kier molecular flexibility index (Phi) is 3.36. The third kappa shape index (κ3) is 2.16. The lowest BCUT2D eigenvalue weighted by Crippen LogP contribution is -2.28. The van der Waals surface area contributed by atoms with Crippen molar-refractivity contribution in [2.24, 2.45) is 0 Å². The standard InChI is InChI=1S/C9H12N2O3S2/c1-14-9-3-2-8(6-10-9)16(12,13)11-4-5-15-7-11/h2-3,6H,4-5,7H2,1H3. The summed E-state index contributed by atoms with van der Waals surface area (Å²) in [5.41, 5.74) is 0. The molecule has 0 aromatic carbocycles. The molecule has 0 aliphatic carbocycles. The summed E-state index contributed by atoms with van der Waals surface area (Å²) in [4.78, 5) is 4.12. The predicted molar refractivity (Wildman–Crippen MR) is 62.0 cm³/mol. The van der Waals surface area contributed by atoms with Gasteiger partial charge in [-0.3, -0.25) is 0 Å². The molecule has 2 heterocycles. The summed E-state index contributed by atoms with van der Waals surface area (Å²) in [5.74, 6) is 1.78. The van der Waals surface area contributed by atoms with Gasteiger partial charge < -0.3 is 4.74 Å². The summed E-state index contributed by atoms with van der Waals surface area (Å²) in [6.07, 6.45) is 1.33. The first-order valence-corrected chi connectivity index (χ1v) is 7.32. The lowest BCUT2D eigenvalue weighted by Gasteiger charge is -2.14. The molecule has 0 atom stereocenters. The van der Waals surface area contributed by atoms with Gasteiger partial charge in [-0.25, -0.2) is 13.4 Å². The molecule has 0 spiro atoms. The highest BCUT2D eigenvalue weighted by Gasteiger charge is 2.27. The molecule has 0 amide bonds. The van der Waals surface area contributed by atoms with Crippen LogP contribution in [-0.4, -0.2) is 43.0 Å². The molecule has 0 unspecified atom stereocenters.